The third-order valence-electron chi connectivity index (χ3n) is 5.13. The molecule has 4 rings (SSSR count). The molecular formula is C21H22F2N2O3. The molecule has 2 aromatic rings. The molecule has 1 N–H and O–H groups in total. The lowest BCUT2D eigenvalue weighted by Gasteiger charge is -2.34. The molecule has 0 saturated carbocycles. The average molecular weight is 388 g/mol. The Morgan fingerprint density at radius 2 is 1.96 bits per heavy atom. The van der Waals surface area contributed by atoms with Crippen LogP contribution in [0.4, 0.5) is 14.5 Å². The molecule has 2 aliphatic heterocycles. The first-order valence-electron chi connectivity index (χ1n) is 9.46. The van der Waals surface area contributed by atoms with Crippen LogP contribution in [0.3, 0.4) is 0 Å². The van der Waals surface area contributed by atoms with Crippen LogP contribution in [0.1, 0.15) is 24.8 Å². The van der Waals surface area contributed by atoms with Gasteiger partial charge in [-0.1, -0.05) is 6.07 Å². The fraction of sp³-hybridized carbons (Fsp3) is 0.381. The van der Waals surface area contributed by atoms with E-state index in [0.29, 0.717) is 25.1 Å². The molecule has 2 aliphatic rings. The summed E-state index contributed by atoms with van der Waals surface area (Å²) in [5.41, 5.74) is 1.56. The minimum atomic E-state index is -0.877. The van der Waals surface area contributed by atoms with E-state index in [-0.39, 0.29) is 18.7 Å². The molecule has 0 aromatic heterocycles. The highest BCUT2D eigenvalue weighted by molar-refractivity contribution is 5.76. The number of likely N-dealkylation sites (tertiary alicyclic amines) is 1. The SMILES string of the molecule is O=C(CCc1ccc2c(c1)OCO2)N1CCC[C@H](Nc2ccc(F)c(F)c2)C1. The van der Waals surface area contributed by atoms with Crippen LogP contribution in [0.25, 0.3) is 0 Å². The number of piperidine rings is 1. The molecular weight excluding hydrogens is 366 g/mol. The van der Waals surface area contributed by atoms with Gasteiger partial charge >= 0.3 is 0 Å². The maximum atomic E-state index is 13.4. The quantitative estimate of drug-likeness (QED) is 0.848. The van der Waals surface area contributed by atoms with Crippen LogP contribution in [-0.4, -0.2) is 36.7 Å². The number of hydrogen-bond acceptors (Lipinski definition) is 4. The molecule has 0 unspecified atom stereocenters. The fourth-order valence-electron chi connectivity index (χ4n) is 3.65. The number of carbonyl (C=O) groups excluding carboxylic acids is 1. The van der Waals surface area contributed by atoms with Crippen LogP contribution in [0.5, 0.6) is 11.5 Å². The number of amides is 1. The number of rotatable bonds is 5. The zero-order valence-electron chi connectivity index (χ0n) is 15.4. The highest BCUT2D eigenvalue weighted by Crippen LogP contribution is 2.32. The van der Waals surface area contributed by atoms with Crippen LogP contribution < -0.4 is 14.8 Å². The summed E-state index contributed by atoms with van der Waals surface area (Å²) >= 11 is 0. The molecule has 2 heterocycles. The Kier molecular flexibility index (Phi) is 5.32. The monoisotopic (exact) mass is 388 g/mol. The van der Waals surface area contributed by atoms with Crippen LogP contribution in [0.15, 0.2) is 36.4 Å². The van der Waals surface area contributed by atoms with Gasteiger partial charge in [0.2, 0.25) is 12.7 Å². The summed E-state index contributed by atoms with van der Waals surface area (Å²) in [5.74, 6) is -0.197. The zero-order chi connectivity index (χ0) is 19.5. The Bertz CT molecular complexity index is 875. The molecule has 1 atom stereocenters. The van der Waals surface area contributed by atoms with Gasteiger partial charge in [-0.2, -0.15) is 0 Å². The molecule has 1 amide bonds. The van der Waals surface area contributed by atoms with E-state index >= 15 is 0 Å². The average Bonchev–Trinajstić information content (AvgIpc) is 3.17. The third-order valence-corrected chi connectivity index (χ3v) is 5.13. The van der Waals surface area contributed by atoms with Crippen molar-refractivity contribution in [2.45, 2.75) is 31.7 Å². The maximum absolute atomic E-state index is 13.4. The molecule has 148 valence electrons. The Labute approximate surface area is 162 Å². The van der Waals surface area contributed by atoms with Crippen LogP contribution in [0.2, 0.25) is 0 Å². The molecule has 7 heteroatoms. The predicted octanol–water partition coefficient (Wildman–Crippen LogP) is 3.73. The minimum Gasteiger partial charge on any atom is -0.454 e. The molecule has 2 aromatic carbocycles. The Hall–Kier alpha value is -2.83. The summed E-state index contributed by atoms with van der Waals surface area (Å²) in [5, 5.41) is 3.20. The summed E-state index contributed by atoms with van der Waals surface area (Å²) in [6, 6.07) is 9.52. The number of aryl methyl sites for hydroxylation is 1. The Morgan fingerprint density at radius 3 is 2.82 bits per heavy atom. The second-order valence-electron chi connectivity index (χ2n) is 7.14. The van der Waals surface area contributed by atoms with Crippen molar-refractivity contribution in [3.63, 3.8) is 0 Å². The highest BCUT2D eigenvalue weighted by atomic mass is 19.2. The van der Waals surface area contributed by atoms with E-state index in [2.05, 4.69) is 5.32 Å². The number of fused-ring (bicyclic) bond motifs is 1. The minimum absolute atomic E-state index is 0.0214. The smallest absolute Gasteiger partial charge is 0.231 e. The van der Waals surface area contributed by atoms with Gasteiger partial charge in [-0.15, -0.1) is 0 Å². The van der Waals surface area contributed by atoms with Crippen LogP contribution in [0, 0.1) is 11.6 Å². The van der Waals surface area contributed by atoms with Crippen molar-refractivity contribution in [2.24, 2.45) is 0 Å². The van der Waals surface area contributed by atoms with Crippen molar-refractivity contribution in [3.05, 3.63) is 53.6 Å². The predicted molar refractivity (Wildman–Crippen MR) is 100 cm³/mol. The van der Waals surface area contributed by atoms with Crippen molar-refractivity contribution in [3.8, 4) is 11.5 Å². The molecule has 0 aliphatic carbocycles. The van der Waals surface area contributed by atoms with E-state index in [0.717, 1.165) is 48.6 Å². The van der Waals surface area contributed by atoms with Crippen molar-refractivity contribution >= 4 is 11.6 Å². The number of benzene rings is 2. The van der Waals surface area contributed by atoms with E-state index in [9.17, 15) is 13.6 Å². The van der Waals surface area contributed by atoms with Crippen molar-refractivity contribution < 1.29 is 23.0 Å². The lowest BCUT2D eigenvalue weighted by molar-refractivity contribution is -0.132. The van der Waals surface area contributed by atoms with E-state index < -0.39 is 11.6 Å². The van der Waals surface area contributed by atoms with Gasteiger partial charge in [0, 0.05) is 37.3 Å². The first-order valence-corrected chi connectivity index (χ1v) is 9.46. The second-order valence-corrected chi connectivity index (χ2v) is 7.14. The largest absolute Gasteiger partial charge is 0.454 e. The van der Waals surface area contributed by atoms with E-state index in [4.69, 9.17) is 9.47 Å². The summed E-state index contributed by atoms with van der Waals surface area (Å²) in [6.07, 6.45) is 2.80. The molecule has 0 bridgehead atoms. The van der Waals surface area contributed by atoms with E-state index in [1.54, 1.807) is 0 Å². The van der Waals surface area contributed by atoms with Gasteiger partial charge in [0.05, 0.1) is 0 Å². The first kappa shape index (κ1) is 18.5. The number of nitrogens with zero attached hydrogens (tertiary/aromatic N) is 1. The van der Waals surface area contributed by atoms with Crippen molar-refractivity contribution in [2.75, 3.05) is 25.2 Å². The number of nitrogens with one attached hydrogen (secondary N) is 1. The van der Waals surface area contributed by atoms with Gasteiger partial charge in [-0.05, 0) is 49.1 Å². The van der Waals surface area contributed by atoms with Crippen LogP contribution >= 0.6 is 0 Å². The maximum Gasteiger partial charge on any atom is 0.231 e. The second kappa shape index (κ2) is 8.04. The molecule has 0 spiro atoms. The normalized spacial score (nSPS) is 18.2. The highest BCUT2D eigenvalue weighted by Gasteiger charge is 2.24. The molecule has 5 nitrogen and oxygen atoms in total. The molecule has 1 fully saturated rings. The van der Waals surface area contributed by atoms with Gasteiger partial charge in [0.15, 0.2) is 23.1 Å². The standard InChI is InChI=1S/C21H22F2N2O3/c22-17-6-5-15(11-18(17)23)24-16-2-1-9-25(12-16)21(26)8-4-14-3-7-19-20(10-14)28-13-27-19/h3,5-7,10-11,16,24H,1-2,4,8-9,12-13H2/t16-/m0/s1. The summed E-state index contributed by atoms with van der Waals surface area (Å²) in [4.78, 5) is 14.5. The van der Waals surface area contributed by atoms with Gasteiger partial charge < -0.3 is 19.7 Å². The third kappa shape index (κ3) is 4.18. The molecule has 0 radical (unpaired) electrons. The van der Waals surface area contributed by atoms with E-state index in [1.165, 1.54) is 6.07 Å². The number of hydrogen-bond donors (Lipinski definition) is 1. The van der Waals surface area contributed by atoms with Crippen molar-refractivity contribution in [1.29, 1.82) is 0 Å². The number of carbonyl (C=O) groups is 1. The summed E-state index contributed by atoms with van der Waals surface area (Å²) in [7, 11) is 0. The molecule has 28 heavy (non-hydrogen) atoms. The van der Waals surface area contributed by atoms with Gasteiger partial charge in [0.1, 0.15) is 0 Å². The summed E-state index contributed by atoms with van der Waals surface area (Å²) in [6.45, 7) is 1.51. The topological polar surface area (TPSA) is 50.8 Å². The Balaban J connectivity index is 1.31. The van der Waals surface area contributed by atoms with Gasteiger partial charge in [-0.25, -0.2) is 8.78 Å². The fourth-order valence-corrected chi connectivity index (χ4v) is 3.65. The summed E-state index contributed by atoms with van der Waals surface area (Å²) < 4.78 is 37.1. The number of anilines is 1. The number of ether oxygens (including phenoxy) is 2. The molecule has 1 saturated heterocycles. The first-order chi connectivity index (χ1) is 13.6. The van der Waals surface area contributed by atoms with Gasteiger partial charge in [-0.3, -0.25) is 4.79 Å². The lowest BCUT2D eigenvalue weighted by atomic mass is 10.0. The van der Waals surface area contributed by atoms with Crippen molar-refractivity contribution in [1.82, 2.24) is 4.90 Å². The van der Waals surface area contributed by atoms with Gasteiger partial charge in [0.25, 0.3) is 0 Å². The Morgan fingerprint density at radius 1 is 1.11 bits per heavy atom. The lowest BCUT2D eigenvalue weighted by Crippen LogP contribution is -2.45. The zero-order valence-corrected chi connectivity index (χ0v) is 15.4. The number of halogens is 2. The van der Waals surface area contributed by atoms with Crippen LogP contribution in [-0.2, 0) is 11.2 Å². The van der Waals surface area contributed by atoms with E-state index in [1.807, 2.05) is 23.1 Å².